The van der Waals surface area contributed by atoms with Gasteiger partial charge >= 0.3 is 12.1 Å². The van der Waals surface area contributed by atoms with Crippen molar-refractivity contribution in [3.05, 3.63) is 35.9 Å². The smallest absolute Gasteiger partial charge is 0.338 e. The molecular formula is C12H11ClF3NO2. The number of carbonyl (C=O) groups excluding carboxylic acids is 2. The summed E-state index contributed by atoms with van der Waals surface area (Å²) < 4.78 is 36.5. The Morgan fingerprint density at radius 2 is 1.79 bits per heavy atom. The lowest BCUT2D eigenvalue weighted by Gasteiger charge is -2.17. The van der Waals surface area contributed by atoms with E-state index >= 15 is 0 Å². The maximum absolute atomic E-state index is 12.2. The molecule has 1 amide bonds. The molecule has 1 rings (SSSR count). The molecule has 0 saturated carbocycles. The van der Waals surface area contributed by atoms with Gasteiger partial charge in [0.15, 0.2) is 5.78 Å². The number of amides is 1. The topological polar surface area (TPSA) is 46.2 Å². The predicted octanol–water partition coefficient (Wildman–Crippen LogP) is 2.08. The van der Waals surface area contributed by atoms with Crippen molar-refractivity contribution in [1.29, 1.82) is 0 Å². The summed E-state index contributed by atoms with van der Waals surface area (Å²) in [4.78, 5) is 22.3. The first kappa shape index (κ1) is 15.5. The van der Waals surface area contributed by atoms with Crippen LogP contribution in [0.5, 0.6) is 0 Å². The molecule has 1 atom stereocenters. The Hall–Kier alpha value is -1.56. The Morgan fingerprint density at radius 3 is 2.26 bits per heavy atom. The predicted molar refractivity (Wildman–Crippen MR) is 63.9 cm³/mol. The molecule has 0 fully saturated rings. The van der Waals surface area contributed by atoms with Crippen molar-refractivity contribution in [3.8, 4) is 0 Å². The summed E-state index contributed by atoms with van der Waals surface area (Å²) in [6.45, 7) is 0. The summed E-state index contributed by atoms with van der Waals surface area (Å²) in [5, 5.41) is 1.66. The van der Waals surface area contributed by atoms with Crippen molar-refractivity contribution in [2.24, 2.45) is 0 Å². The normalized spacial score (nSPS) is 12.8. The maximum Gasteiger partial charge on any atom is 0.471 e. The van der Waals surface area contributed by atoms with Crippen LogP contribution in [0.1, 0.15) is 5.56 Å². The highest BCUT2D eigenvalue weighted by molar-refractivity contribution is 6.28. The Kier molecular flexibility index (Phi) is 5.35. The number of hydrogen-bond donors (Lipinski definition) is 1. The molecule has 0 heterocycles. The molecule has 0 aliphatic rings. The molecule has 0 aliphatic heterocycles. The van der Waals surface area contributed by atoms with E-state index in [0.717, 1.165) is 0 Å². The van der Waals surface area contributed by atoms with Gasteiger partial charge in [-0.2, -0.15) is 13.2 Å². The van der Waals surface area contributed by atoms with Crippen molar-refractivity contribution >= 4 is 23.3 Å². The van der Waals surface area contributed by atoms with Crippen molar-refractivity contribution in [3.63, 3.8) is 0 Å². The van der Waals surface area contributed by atoms with Crippen molar-refractivity contribution in [1.82, 2.24) is 5.32 Å². The standard InChI is InChI=1S/C12H11ClF3NO2/c13-7-10(18)9(17-11(19)12(14,15)16)6-8-4-2-1-3-5-8/h1-5,9H,6-7H2,(H,17,19). The number of hydrogen-bond acceptors (Lipinski definition) is 2. The molecule has 0 aromatic heterocycles. The second-order valence-electron chi connectivity index (χ2n) is 3.81. The van der Waals surface area contributed by atoms with E-state index in [1.54, 1.807) is 35.6 Å². The van der Waals surface area contributed by atoms with Crippen LogP contribution in [0.25, 0.3) is 0 Å². The van der Waals surface area contributed by atoms with Gasteiger partial charge < -0.3 is 5.32 Å². The van der Waals surface area contributed by atoms with E-state index in [2.05, 4.69) is 0 Å². The molecule has 0 bridgehead atoms. The number of Topliss-reactive ketones (excluding diaryl/α,β-unsaturated/α-hetero) is 1. The summed E-state index contributed by atoms with van der Waals surface area (Å²) >= 11 is 5.33. The molecule has 0 saturated heterocycles. The average molecular weight is 294 g/mol. The van der Waals surface area contributed by atoms with Gasteiger partial charge in [-0.25, -0.2) is 0 Å². The summed E-state index contributed by atoms with van der Waals surface area (Å²) in [6, 6.07) is 7.11. The Balaban J connectivity index is 2.79. The highest BCUT2D eigenvalue weighted by atomic mass is 35.5. The molecule has 0 spiro atoms. The molecule has 0 aliphatic carbocycles. The fraction of sp³-hybridized carbons (Fsp3) is 0.333. The van der Waals surface area contributed by atoms with E-state index in [9.17, 15) is 22.8 Å². The zero-order valence-corrected chi connectivity index (χ0v) is 10.5. The molecular weight excluding hydrogens is 283 g/mol. The van der Waals surface area contributed by atoms with Gasteiger partial charge in [-0.05, 0) is 12.0 Å². The number of ketones is 1. The van der Waals surface area contributed by atoms with Gasteiger partial charge in [0.1, 0.15) is 0 Å². The largest absolute Gasteiger partial charge is 0.471 e. The third-order valence-corrected chi connectivity index (χ3v) is 2.63. The number of alkyl halides is 4. The van der Waals surface area contributed by atoms with E-state index in [0.29, 0.717) is 5.56 Å². The molecule has 19 heavy (non-hydrogen) atoms. The van der Waals surface area contributed by atoms with Crippen LogP contribution in [0.4, 0.5) is 13.2 Å². The minimum atomic E-state index is -5.03. The average Bonchev–Trinajstić information content (AvgIpc) is 2.37. The number of halogens is 4. The van der Waals surface area contributed by atoms with Crippen LogP contribution in [0, 0.1) is 0 Å². The van der Waals surface area contributed by atoms with Crippen LogP contribution in [-0.2, 0) is 16.0 Å². The zero-order valence-electron chi connectivity index (χ0n) is 9.71. The van der Waals surface area contributed by atoms with Gasteiger partial charge in [-0.15, -0.1) is 11.6 Å². The Bertz CT molecular complexity index is 448. The lowest BCUT2D eigenvalue weighted by molar-refractivity contribution is -0.174. The molecule has 1 aromatic rings. The summed E-state index contributed by atoms with van der Waals surface area (Å²) in [7, 11) is 0. The van der Waals surface area contributed by atoms with Gasteiger partial charge in [0.2, 0.25) is 0 Å². The quantitative estimate of drug-likeness (QED) is 0.845. The lowest BCUT2D eigenvalue weighted by atomic mass is 10.0. The molecule has 7 heteroatoms. The highest BCUT2D eigenvalue weighted by Gasteiger charge is 2.40. The van der Waals surface area contributed by atoms with Crippen LogP contribution in [0.15, 0.2) is 30.3 Å². The lowest BCUT2D eigenvalue weighted by Crippen LogP contribution is -2.48. The van der Waals surface area contributed by atoms with Gasteiger partial charge in [0, 0.05) is 0 Å². The van der Waals surface area contributed by atoms with Crippen LogP contribution >= 0.6 is 11.6 Å². The van der Waals surface area contributed by atoms with Crippen LogP contribution in [0.2, 0.25) is 0 Å². The minimum absolute atomic E-state index is 0.0335. The summed E-state index contributed by atoms with van der Waals surface area (Å²) in [5.41, 5.74) is 0.633. The van der Waals surface area contributed by atoms with Crippen LogP contribution in [0.3, 0.4) is 0 Å². The van der Waals surface area contributed by atoms with Crippen LogP contribution < -0.4 is 5.32 Å². The fourth-order valence-electron chi connectivity index (χ4n) is 1.43. The minimum Gasteiger partial charge on any atom is -0.338 e. The second kappa shape index (κ2) is 6.56. The fourth-order valence-corrected chi connectivity index (χ4v) is 1.61. The Labute approximate surface area is 112 Å². The molecule has 3 nitrogen and oxygen atoms in total. The summed E-state index contributed by atoms with van der Waals surface area (Å²) in [6.07, 6.45) is -5.06. The molecule has 1 aromatic carbocycles. The van der Waals surface area contributed by atoms with E-state index < -0.39 is 29.8 Å². The third-order valence-electron chi connectivity index (χ3n) is 2.37. The van der Waals surface area contributed by atoms with E-state index in [-0.39, 0.29) is 6.42 Å². The number of benzene rings is 1. The maximum atomic E-state index is 12.2. The Morgan fingerprint density at radius 1 is 1.21 bits per heavy atom. The molecule has 1 N–H and O–H groups in total. The summed E-state index contributed by atoms with van der Waals surface area (Å²) in [5.74, 6) is -3.27. The van der Waals surface area contributed by atoms with Crippen molar-refractivity contribution in [2.45, 2.75) is 18.6 Å². The first-order chi connectivity index (χ1) is 8.84. The second-order valence-corrected chi connectivity index (χ2v) is 4.08. The molecule has 0 radical (unpaired) electrons. The number of carbonyl (C=O) groups is 2. The van der Waals surface area contributed by atoms with Gasteiger partial charge in [-0.3, -0.25) is 9.59 Å². The van der Waals surface area contributed by atoms with Gasteiger partial charge in [-0.1, -0.05) is 30.3 Å². The van der Waals surface area contributed by atoms with Gasteiger partial charge in [0.05, 0.1) is 11.9 Å². The van der Waals surface area contributed by atoms with Crippen molar-refractivity contribution in [2.75, 3.05) is 5.88 Å². The van der Waals surface area contributed by atoms with E-state index in [4.69, 9.17) is 11.6 Å². The highest BCUT2D eigenvalue weighted by Crippen LogP contribution is 2.15. The zero-order chi connectivity index (χ0) is 14.5. The third kappa shape index (κ3) is 4.90. The van der Waals surface area contributed by atoms with Gasteiger partial charge in [0.25, 0.3) is 0 Å². The monoisotopic (exact) mass is 293 g/mol. The molecule has 1 unspecified atom stereocenters. The number of rotatable bonds is 5. The van der Waals surface area contributed by atoms with Crippen LogP contribution in [-0.4, -0.2) is 29.8 Å². The number of nitrogens with one attached hydrogen (secondary N) is 1. The molecule has 104 valence electrons. The van der Waals surface area contributed by atoms with E-state index in [1.807, 2.05) is 0 Å². The van der Waals surface area contributed by atoms with Crippen molar-refractivity contribution < 1.29 is 22.8 Å². The SMILES string of the molecule is O=C(CCl)C(Cc1ccccc1)NC(=O)C(F)(F)F. The first-order valence-corrected chi connectivity index (χ1v) is 5.88. The van der Waals surface area contributed by atoms with E-state index in [1.165, 1.54) is 0 Å². The first-order valence-electron chi connectivity index (χ1n) is 5.35.